The molecule has 46 heavy (non-hydrogen) atoms. The first-order chi connectivity index (χ1) is 22.5. The van der Waals surface area contributed by atoms with E-state index in [0.29, 0.717) is 6.42 Å². The maximum atomic E-state index is 11.9. The number of aliphatic hydroxyl groups is 2. The monoisotopic (exact) mass is 642 g/mol. The van der Waals surface area contributed by atoms with Gasteiger partial charge in [0.1, 0.15) is 19.3 Å². The van der Waals surface area contributed by atoms with E-state index < -0.39 is 18.2 Å². The van der Waals surface area contributed by atoms with Crippen LogP contribution in [0.25, 0.3) is 0 Å². The highest BCUT2D eigenvalue weighted by molar-refractivity contribution is 5.69. The van der Waals surface area contributed by atoms with Crippen LogP contribution in [0.15, 0.2) is 72.9 Å². The first-order valence-electron chi connectivity index (χ1n) is 18.1. The van der Waals surface area contributed by atoms with Crippen LogP contribution in [0.3, 0.4) is 0 Å². The van der Waals surface area contributed by atoms with Crippen LogP contribution < -0.4 is 0 Å². The van der Waals surface area contributed by atoms with Gasteiger partial charge in [0.05, 0.1) is 6.10 Å². The Hall–Kier alpha value is -2.70. The van der Waals surface area contributed by atoms with Gasteiger partial charge in [-0.05, 0) is 44.9 Å². The van der Waals surface area contributed by atoms with Crippen LogP contribution >= 0.6 is 0 Å². The maximum Gasteiger partial charge on any atom is 0.305 e. The van der Waals surface area contributed by atoms with Crippen LogP contribution in [0, 0.1) is 0 Å². The predicted molar refractivity (Wildman–Crippen MR) is 192 cm³/mol. The zero-order chi connectivity index (χ0) is 33.8. The number of rotatable bonds is 31. The topological polar surface area (TPSA) is 93.1 Å². The molecule has 0 aromatic heterocycles. The lowest BCUT2D eigenvalue weighted by Crippen LogP contribution is -2.25. The van der Waals surface area contributed by atoms with E-state index in [-0.39, 0.29) is 32.0 Å². The summed E-state index contributed by atoms with van der Waals surface area (Å²) in [6, 6.07) is 0. The highest BCUT2D eigenvalue weighted by Gasteiger charge is 2.13. The van der Waals surface area contributed by atoms with E-state index in [4.69, 9.17) is 9.47 Å². The summed E-state index contributed by atoms with van der Waals surface area (Å²) in [7, 11) is 0. The lowest BCUT2D eigenvalue weighted by Gasteiger charge is -2.12. The van der Waals surface area contributed by atoms with Crippen LogP contribution in [0.1, 0.15) is 142 Å². The van der Waals surface area contributed by atoms with Crippen molar-refractivity contribution in [3.8, 4) is 0 Å². The van der Waals surface area contributed by atoms with E-state index in [2.05, 4.69) is 62.5 Å². The quantitative estimate of drug-likeness (QED) is 0.0338. The minimum Gasteiger partial charge on any atom is -0.463 e. The zero-order valence-corrected chi connectivity index (χ0v) is 29.2. The van der Waals surface area contributed by atoms with Crippen molar-refractivity contribution in [2.45, 2.75) is 154 Å². The number of carbonyl (C=O) groups excluding carboxylic acids is 2. The lowest BCUT2D eigenvalue weighted by molar-refractivity contribution is -0.152. The Morgan fingerprint density at radius 1 is 0.543 bits per heavy atom. The third kappa shape index (κ3) is 34.2. The maximum absolute atomic E-state index is 11.9. The summed E-state index contributed by atoms with van der Waals surface area (Å²) >= 11 is 0. The number of unbranched alkanes of at least 4 members (excludes halogenated alkanes) is 11. The Kier molecular flexibility index (Phi) is 33.1. The van der Waals surface area contributed by atoms with Gasteiger partial charge in [-0.15, -0.1) is 0 Å². The molecule has 0 saturated heterocycles. The fourth-order valence-electron chi connectivity index (χ4n) is 4.55. The minimum absolute atomic E-state index is 0.0304. The first-order valence-corrected chi connectivity index (χ1v) is 18.1. The molecule has 6 heteroatoms. The van der Waals surface area contributed by atoms with Gasteiger partial charge >= 0.3 is 11.9 Å². The number of carbonyl (C=O) groups is 2. The summed E-state index contributed by atoms with van der Waals surface area (Å²) in [6.45, 7) is 3.95. The van der Waals surface area contributed by atoms with Crippen molar-refractivity contribution < 1.29 is 29.3 Å². The highest BCUT2D eigenvalue weighted by atomic mass is 16.6. The number of hydrogen-bond acceptors (Lipinski definition) is 6. The van der Waals surface area contributed by atoms with E-state index >= 15 is 0 Å². The molecule has 0 aliphatic heterocycles. The fourth-order valence-corrected chi connectivity index (χ4v) is 4.55. The van der Waals surface area contributed by atoms with E-state index in [1.165, 1.54) is 57.8 Å². The summed E-state index contributed by atoms with van der Waals surface area (Å²) in [5, 5.41) is 20.0. The van der Waals surface area contributed by atoms with E-state index in [0.717, 1.165) is 51.4 Å². The smallest absolute Gasteiger partial charge is 0.305 e. The number of esters is 2. The van der Waals surface area contributed by atoms with Crippen molar-refractivity contribution in [3.63, 3.8) is 0 Å². The molecule has 2 atom stereocenters. The molecule has 0 spiro atoms. The molecule has 0 aromatic carbocycles. The van der Waals surface area contributed by atoms with Crippen LogP contribution in [0.5, 0.6) is 0 Å². The van der Waals surface area contributed by atoms with Crippen molar-refractivity contribution >= 4 is 11.9 Å². The predicted octanol–water partition coefficient (Wildman–Crippen LogP) is 9.97. The standard InChI is InChI=1S/C40H66O6/c1-3-5-7-9-11-13-15-17-18-19-20-21-23-25-27-29-31-37(41)33-34-40(44)46-36-38(42)35-45-39(43)32-30-28-26-24-22-16-14-12-10-8-6-4-2/h5,7,11,13,17-18,20-21,25,27,29,31,37-38,41-42H,3-4,6,8-10,12,14-16,19,22-24,26,28,30,32-36H2,1-2H3/b7-5-,13-11-,18-17-,21-20-,27-25-,31-29-/t37?,38-/m1/s1. The molecule has 6 nitrogen and oxygen atoms in total. The highest BCUT2D eigenvalue weighted by Crippen LogP contribution is 2.13. The summed E-state index contributed by atoms with van der Waals surface area (Å²) < 4.78 is 10.2. The van der Waals surface area contributed by atoms with Gasteiger partial charge in [-0.3, -0.25) is 9.59 Å². The number of ether oxygens (including phenoxy) is 2. The average molecular weight is 643 g/mol. The lowest BCUT2D eigenvalue weighted by atomic mass is 10.0. The second kappa shape index (κ2) is 35.2. The molecule has 0 heterocycles. The van der Waals surface area contributed by atoms with Crippen molar-refractivity contribution in [1.82, 2.24) is 0 Å². The van der Waals surface area contributed by atoms with Gasteiger partial charge in [-0.25, -0.2) is 0 Å². The minimum atomic E-state index is -1.06. The molecule has 0 amide bonds. The second-order valence-electron chi connectivity index (χ2n) is 11.8. The van der Waals surface area contributed by atoms with Crippen molar-refractivity contribution in [2.75, 3.05) is 13.2 Å². The number of allylic oxidation sites excluding steroid dienone is 11. The number of aliphatic hydroxyl groups excluding tert-OH is 2. The molecule has 0 saturated carbocycles. The van der Waals surface area contributed by atoms with Crippen molar-refractivity contribution in [2.24, 2.45) is 0 Å². The Labute approximate surface area is 281 Å². The molecule has 0 aromatic rings. The summed E-state index contributed by atoms with van der Waals surface area (Å²) in [6.07, 6.45) is 42.8. The summed E-state index contributed by atoms with van der Waals surface area (Å²) in [5.74, 6) is -0.843. The molecule has 2 N–H and O–H groups in total. The molecular weight excluding hydrogens is 576 g/mol. The summed E-state index contributed by atoms with van der Waals surface area (Å²) in [4.78, 5) is 23.9. The van der Waals surface area contributed by atoms with Gasteiger partial charge in [-0.1, -0.05) is 157 Å². The van der Waals surface area contributed by atoms with E-state index in [1.807, 2.05) is 12.2 Å². The van der Waals surface area contributed by atoms with Crippen molar-refractivity contribution in [3.05, 3.63) is 72.9 Å². The Bertz CT molecular complexity index is 882. The largest absolute Gasteiger partial charge is 0.463 e. The van der Waals surface area contributed by atoms with Crippen LogP contribution in [-0.4, -0.2) is 47.6 Å². The summed E-state index contributed by atoms with van der Waals surface area (Å²) in [5.41, 5.74) is 0. The SMILES string of the molecule is CC/C=C\C/C=C\C/C=C\C/C=C\C/C=C\C=C/C(O)CCC(=O)OC[C@H](O)COC(=O)CCCCCCCCCCCCCC. The van der Waals surface area contributed by atoms with Crippen molar-refractivity contribution in [1.29, 1.82) is 0 Å². The molecule has 0 aliphatic carbocycles. The molecule has 0 radical (unpaired) electrons. The second-order valence-corrected chi connectivity index (χ2v) is 11.8. The fraction of sp³-hybridized carbons (Fsp3) is 0.650. The molecule has 0 fully saturated rings. The molecule has 0 bridgehead atoms. The van der Waals surface area contributed by atoms with Gasteiger partial charge in [0.25, 0.3) is 0 Å². The average Bonchev–Trinajstić information content (AvgIpc) is 3.05. The van der Waals surface area contributed by atoms with Gasteiger partial charge in [0, 0.05) is 12.8 Å². The van der Waals surface area contributed by atoms with Crippen LogP contribution in [0.2, 0.25) is 0 Å². The third-order valence-corrected chi connectivity index (χ3v) is 7.32. The third-order valence-electron chi connectivity index (χ3n) is 7.32. The van der Waals surface area contributed by atoms with E-state index in [9.17, 15) is 19.8 Å². The zero-order valence-electron chi connectivity index (χ0n) is 29.2. The number of hydrogen-bond donors (Lipinski definition) is 2. The Morgan fingerprint density at radius 2 is 0.978 bits per heavy atom. The molecular formula is C40H66O6. The molecule has 0 rings (SSSR count). The molecule has 1 unspecified atom stereocenters. The van der Waals surface area contributed by atoms with Gasteiger partial charge < -0.3 is 19.7 Å². The van der Waals surface area contributed by atoms with Crippen LogP contribution in [-0.2, 0) is 19.1 Å². The van der Waals surface area contributed by atoms with Gasteiger partial charge in [0.2, 0.25) is 0 Å². The van der Waals surface area contributed by atoms with Crippen LogP contribution in [0.4, 0.5) is 0 Å². The Morgan fingerprint density at radius 3 is 1.48 bits per heavy atom. The van der Waals surface area contributed by atoms with E-state index in [1.54, 1.807) is 12.2 Å². The first kappa shape index (κ1) is 43.3. The van der Waals surface area contributed by atoms with Gasteiger partial charge in [0.15, 0.2) is 0 Å². The molecule has 262 valence electrons. The normalized spacial score (nSPS) is 13.7. The van der Waals surface area contributed by atoms with Gasteiger partial charge in [-0.2, -0.15) is 0 Å². The molecule has 0 aliphatic rings. The Balaban J connectivity index is 3.73.